The number of nitrogens with zero attached hydrogens (tertiary/aromatic N) is 2. The van der Waals surface area contributed by atoms with Crippen LogP contribution in [0.25, 0.3) is 0 Å². The maximum absolute atomic E-state index is 12.4. The van der Waals surface area contributed by atoms with Crippen LogP contribution in [0.1, 0.15) is 11.1 Å². The molecule has 3 rings (SSSR count). The SMILES string of the molecule is COc1ccc(CCNCC(=O)N2CCN(c3cccc(C)c3)CC2)cc1. The van der Waals surface area contributed by atoms with E-state index >= 15 is 0 Å². The lowest BCUT2D eigenvalue weighted by atomic mass is 10.1. The number of hydrogen-bond donors (Lipinski definition) is 1. The van der Waals surface area contributed by atoms with Crippen molar-refractivity contribution in [2.75, 3.05) is 51.3 Å². The molecule has 0 aromatic heterocycles. The van der Waals surface area contributed by atoms with E-state index in [0.717, 1.165) is 44.9 Å². The van der Waals surface area contributed by atoms with Gasteiger partial charge in [0.15, 0.2) is 0 Å². The van der Waals surface area contributed by atoms with Gasteiger partial charge in [-0.1, -0.05) is 24.3 Å². The normalized spacial score (nSPS) is 14.3. The molecule has 0 aliphatic carbocycles. The third-order valence-electron chi connectivity index (χ3n) is 5.02. The summed E-state index contributed by atoms with van der Waals surface area (Å²) in [6.07, 6.45) is 0.901. The number of hydrogen-bond acceptors (Lipinski definition) is 4. The molecule has 0 radical (unpaired) electrons. The van der Waals surface area contributed by atoms with Gasteiger partial charge in [0.05, 0.1) is 13.7 Å². The molecule has 1 fully saturated rings. The minimum absolute atomic E-state index is 0.189. The molecule has 2 aromatic rings. The summed E-state index contributed by atoms with van der Waals surface area (Å²) in [5, 5.41) is 3.27. The van der Waals surface area contributed by atoms with Gasteiger partial charge < -0.3 is 19.9 Å². The second-order valence-electron chi connectivity index (χ2n) is 6.98. The van der Waals surface area contributed by atoms with Crippen molar-refractivity contribution in [1.29, 1.82) is 0 Å². The van der Waals surface area contributed by atoms with Crippen LogP contribution in [0.4, 0.5) is 5.69 Å². The lowest BCUT2D eigenvalue weighted by Gasteiger charge is -2.36. The molecule has 0 bridgehead atoms. The van der Waals surface area contributed by atoms with Gasteiger partial charge in [0.1, 0.15) is 5.75 Å². The first-order valence-corrected chi connectivity index (χ1v) is 9.59. The number of rotatable bonds is 7. The molecule has 1 saturated heterocycles. The van der Waals surface area contributed by atoms with Gasteiger partial charge >= 0.3 is 0 Å². The molecule has 5 nitrogen and oxygen atoms in total. The van der Waals surface area contributed by atoms with Crippen LogP contribution in [-0.4, -0.2) is 57.2 Å². The van der Waals surface area contributed by atoms with Crippen LogP contribution in [0.5, 0.6) is 5.75 Å². The Morgan fingerprint density at radius 2 is 1.81 bits per heavy atom. The van der Waals surface area contributed by atoms with Crippen LogP contribution in [-0.2, 0) is 11.2 Å². The molecule has 1 aliphatic rings. The average Bonchev–Trinajstić information content (AvgIpc) is 2.71. The Labute approximate surface area is 161 Å². The van der Waals surface area contributed by atoms with Crippen LogP contribution in [0.3, 0.4) is 0 Å². The van der Waals surface area contributed by atoms with E-state index < -0.39 is 0 Å². The number of aryl methyl sites for hydroxylation is 1. The number of piperazine rings is 1. The zero-order valence-electron chi connectivity index (χ0n) is 16.3. The number of amides is 1. The summed E-state index contributed by atoms with van der Waals surface area (Å²) in [6, 6.07) is 16.6. The van der Waals surface area contributed by atoms with Crippen molar-refractivity contribution in [3.05, 3.63) is 59.7 Å². The van der Waals surface area contributed by atoms with Gasteiger partial charge in [0.25, 0.3) is 0 Å². The predicted octanol–water partition coefficient (Wildman–Crippen LogP) is 2.48. The average molecular weight is 367 g/mol. The number of ether oxygens (including phenoxy) is 1. The first-order valence-electron chi connectivity index (χ1n) is 9.59. The smallest absolute Gasteiger partial charge is 0.236 e. The van der Waals surface area contributed by atoms with Crippen molar-refractivity contribution >= 4 is 11.6 Å². The van der Waals surface area contributed by atoms with E-state index in [1.807, 2.05) is 17.0 Å². The summed E-state index contributed by atoms with van der Waals surface area (Å²) in [5.74, 6) is 1.06. The second kappa shape index (κ2) is 9.42. The molecule has 0 saturated carbocycles. The zero-order valence-corrected chi connectivity index (χ0v) is 16.3. The van der Waals surface area contributed by atoms with Gasteiger partial charge in [-0.3, -0.25) is 4.79 Å². The van der Waals surface area contributed by atoms with Crippen molar-refractivity contribution in [2.24, 2.45) is 0 Å². The lowest BCUT2D eigenvalue weighted by molar-refractivity contribution is -0.130. The van der Waals surface area contributed by atoms with Crippen LogP contribution in [0.2, 0.25) is 0 Å². The van der Waals surface area contributed by atoms with Gasteiger partial charge in [-0.25, -0.2) is 0 Å². The number of benzene rings is 2. The number of anilines is 1. The molecule has 0 atom stereocenters. The molecular formula is C22H29N3O2. The van der Waals surface area contributed by atoms with Crippen LogP contribution < -0.4 is 15.0 Å². The fourth-order valence-electron chi connectivity index (χ4n) is 3.37. The summed E-state index contributed by atoms with van der Waals surface area (Å²) in [7, 11) is 1.67. The predicted molar refractivity (Wildman–Crippen MR) is 110 cm³/mol. The van der Waals surface area contributed by atoms with Crippen LogP contribution in [0, 0.1) is 6.92 Å². The Balaban J connectivity index is 1.36. The maximum Gasteiger partial charge on any atom is 0.236 e. The fraction of sp³-hybridized carbons (Fsp3) is 0.409. The van der Waals surface area contributed by atoms with Crippen LogP contribution in [0.15, 0.2) is 48.5 Å². The molecular weight excluding hydrogens is 338 g/mol. The number of nitrogens with one attached hydrogen (secondary N) is 1. The summed E-state index contributed by atoms with van der Waals surface area (Å²) in [5.41, 5.74) is 3.76. The highest BCUT2D eigenvalue weighted by atomic mass is 16.5. The highest BCUT2D eigenvalue weighted by Crippen LogP contribution is 2.17. The zero-order chi connectivity index (χ0) is 19.1. The number of methoxy groups -OCH3 is 1. The molecule has 144 valence electrons. The van der Waals surface area contributed by atoms with E-state index in [9.17, 15) is 4.79 Å². The first-order chi connectivity index (χ1) is 13.2. The Bertz CT molecular complexity index is 737. The number of carbonyl (C=O) groups excluding carboxylic acids is 1. The summed E-state index contributed by atoms with van der Waals surface area (Å²) in [6.45, 7) is 6.66. The molecule has 5 heteroatoms. The molecule has 27 heavy (non-hydrogen) atoms. The van der Waals surface area contributed by atoms with Crippen LogP contribution >= 0.6 is 0 Å². The summed E-state index contributed by atoms with van der Waals surface area (Å²) < 4.78 is 5.17. The van der Waals surface area contributed by atoms with E-state index in [1.54, 1.807) is 7.11 Å². The van der Waals surface area contributed by atoms with Crippen molar-refractivity contribution in [3.8, 4) is 5.75 Å². The Hall–Kier alpha value is -2.53. The largest absolute Gasteiger partial charge is 0.497 e. The Kier molecular flexibility index (Phi) is 6.71. The Morgan fingerprint density at radius 3 is 2.48 bits per heavy atom. The van der Waals surface area contributed by atoms with Crippen molar-refractivity contribution in [3.63, 3.8) is 0 Å². The third-order valence-corrected chi connectivity index (χ3v) is 5.02. The lowest BCUT2D eigenvalue weighted by Crippen LogP contribution is -2.51. The molecule has 1 heterocycles. The van der Waals surface area contributed by atoms with E-state index in [4.69, 9.17) is 4.74 Å². The second-order valence-corrected chi connectivity index (χ2v) is 6.98. The summed E-state index contributed by atoms with van der Waals surface area (Å²) in [4.78, 5) is 16.7. The van der Waals surface area contributed by atoms with E-state index in [-0.39, 0.29) is 5.91 Å². The van der Waals surface area contributed by atoms with Gasteiger partial charge in [0.2, 0.25) is 5.91 Å². The molecule has 2 aromatic carbocycles. The van der Waals surface area contributed by atoms with Gasteiger partial charge in [0, 0.05) is 31.9 Å². The monoisotopic (exact) mass is 367 g/mol. The molecule has 1 amide bonds. The standard InChI is InChI=1S/C22H29N3O2/c1-18-4-3-5-20(16-18)24-12-14-25(15-13-24)22(26)17-23-11-10-19-6-8-21(27-2)9-7-19/h3-9,16,23H,10-15,17H2,1-2H3. The molecule has 1 aliphatic heterocycles. The van der Waals surface area contributed by atoms with Crippen molar-refractivity contribution < 1.29 is 9.53 Å². The third kappa shape index (κ3) is 5.47. The van der Waals surface area contributed by atoms with E-state index in [1.165, 1.54) is 16.8 Å². The van der Waals surface area contributed by atoms with Gasteiger partial charge in [-0.05, 0) is 55.3 Å². The minimum Gasteiger partial charge on any atom is -0.497 e. The van der Waals surface area contributed by atoms with Gasteiger partial charge in [-0.15, -0.1) is 0 Å². The van der Waals surface area contributed by atoms with Crippen molar-refractivity contribution in [1.82, 2.24) is 10.2 Å². The minimum atomic E-state index is 0.189. The maximum atomic E-state index is 12.4. The topological polar surface area (TPSA) is 44.8 Å². The molecule has 1 N–H and O–H groups in total. The van der Waals surface area contributed by atoms with Gasteiger partial charge in [-0.2, -0.15) is 0 Å². The highest BCUT2D eigenvalue weighted by Gasteiger charge is 2.20. The quantitative estimate of drug-likeness (QED) is 0.764. The van der Waals surface area contributed by atoms with E-state index in [0.29, 0.717) is 6.54 Å². The molecule has 0 unspecified atom stereocenters. The van der Waals surface area contributed by atoms with E-state index in [2.05, 4.69) is 53.5 Å². The summed E-state index contributed by atoms with van der Waals surface area (Å²) >= 11 is 0. The fourth-order valence-corrected chi connectivity index (χ4v) is 3.37. The highest BCUT2D eigenvalue weighted by molar-refractivity contribution is 5.78. The molecule has 0 spiro atoms. The number of carbonyl (C=O) groups is 1. The Morgan fingerprint density at radius 1 is 1.07 bits per heavy atom. The van der Waals surface area contributed by atoms with Crippen molar-refractivity contribution in [2.45, 2.75) is 13.3 Å². The first kappa shape index (κ1) is 19.2.